The van der Waals surface area contributed by atoms with Gasteiger partial charge in [-0.1, -0.05) is 37.1 Å². The minimum absolute atomic E-state index is 0.402. The van der Waals surface area contributed by atoms with E-state index in [0.29, 0.717) is 6.04 Å². The number of unbranched alkanes of at least 4 members (excludes halogenated alkanes) is 3. The van der Waals surface area contributed by atoms with E-state index in [0.717, 1.165) is 18.6 Å². The van der Waals surface area contributed by atoms with E-state index >= 15 is 0 Å². The van der Waals surface area contributed by atoms with Gasteiger partial charge in [0.1, 0.15) is 0 Å². The number of rotatable bonds is 10. The van der Waals surface area contributed by atoms with Crippen LogP contribution in [0.2, 0.25) is 0 Å². The van der Waals surface area contributed by atoms with Crippen LogP contribution in [0.15, 0.2) is 47.9 Å². The van der Waals surface area contributed by atoms with Crippen LogP contribution in [0, 0.1) is 0 Å². The van der Waals surface area contributed by atoms with Gasteiger partial charge in [-0.3, -0.25) is 11.3 Å². The fourth-order valence-electron chi connectivity index (χ4n) is 1.78. The van der Waals surface area contributed by atoms with Crippen LogP contribution in [-0.4, -0.2) is 11.8 Å². The van der Waals surface area contributed by atoms with Gasteiger partial charge in [-0.25, -0.2) is 0 Å². The molecule has 3 heteroatoms. The first-order valence-electron chi connectivity index (χ1n) is 6.61. The average Bonchev–Trinajstić information content (AvgIpc) is 2.43. The molecule has 1 aromatic rings. The van der Waals surface area contributed by atoms with E-state index < -0.39 is 0 Å². The van der Waals surface area contributed by atoms with Gasteiger partial charge >= 0.3 is 0 Å². The third kappa shape index (κ3) is 6.84. The second-order valence-corrected chi connectivity index (χ2v) is 5.51. The van der Waals surface area contributed by atoms with E-state index in [-0.39, 0.29) is 0 Å². The van der Waals surface area contributed by atoms with Gasteiger partial charge in [0, 0.05) is 16.7 Å². The lowest BCUT2D eigenvalue weighted by Crippen LogP contribution is -2.36. The lowest BCUT2D eigenvalue weighted by atomic mass is 10.1. The summed E-state index contributed by atoms with van der Waals surface area (Å²) in [5.74, 6) is 6.63. The molecule has 100 valence electrons. The Kier molecular flexibility index (Phi) is 8.65. The first kappa shape index (κ1) is 15.3. The summed E-state index contributed by atoms with van der Waals surface area (Å²) in [6.07, 6.45) is 8.00. The highest BCUT2D eigenvalue weighted by Crippen LogP contribution is 2.19. The maximum Gasteiger partial charge on any atom is 0.0304 e. The molecule has 3 N–H and O–H groups in total. The summed E-state index contributed by atoms with van der Waals surface area (Å²) in [7, 11) is 0. The molecule has 18 heavy (non-hydrogen) atoms. The second-order valence-electron chi connectivity index (χ2n) is 4.41. The highest BCUT2D eigenvalue weighted by molar-refractivity contribution is 7.99. The minimum atomic E-state index is 0.402. The molecule has 1 atom stereocenters. The zero-order valence-electron chi connectivity index (χ0n) is 11.0. The summed E-state index contributed by atoms with van der Waals surface area (Å²) in [5, 5.41) is 0. The van der Waals surface area contributed by atoms with Crippen molar-refractivity contribution in [3.05, 3.63) is 43.0 Å². The van der Waals surface area contributed by atoms with Gasteiger partial charge in [-0.2, -0.15) is 0 Å². The van der Waals surface area contributed by atoms with Crippen LogP contribution >= 0.6 is 11.8 Å². The maximum atomic E-state index is 5.60. The molecule has 0 bridgehead atoms. The average molecular weight is 264 g/mol. The Bertz CT molecular complexity index is 314. The van der Waals surface area contributed by atoms with E-state index in [9.17, 15) is 0 Å². The van der Waals surface area contributed by atoms with Gasteiger partial charge in [-0.15, -0.1) is 18.3 Å². The number of thioether (sulfide) groups is 1. The lowest BCUT2D eigenvalue weighted by molar-refractivity contribution is 0.503. The Morgan fingerprint density at radius 3 is 2.67 bits per heavy atom. The van der Waals surface area contributed by atoms with Crippen molar-refractivity contribution in [2.24, 2.45) is 5.84 Å². The van der Waals surface area contributed by atoms with Crippen molar-refractivity contribution in [2.75, 3.05) is 5.75 Å². The topological polar surface area (TPSA) is 38.0 Å². The van der Waals surface area contributed by atoms with Crippen LogP contribution in [0.3, 0.4) is 0 Å². The molecule has 0 spiro atoms. The highest BCUT2D eigenvalue weighted by atomic mass is 32.2. The molecule has 1 unspecified atom stereocenters. The normalized spacial score (nSPS) is 12.3. The van der Waals surface area contributed by atoms with Crippen molar-refractivity contribution in [1.82, 2.24) is 5.43 Å². The van der Waals surface area contributed by atoms with Crippen LogP contribution < -0.4 is 11.3 Å². The molecule has 0 saturated heterocycles. The van der Waals surface area contributed by atoms with E-state index in [4.69, 9.17) is 5.84 Å². The first-order chi connectivity index (χ1) is 8.86. The molecule has 1 aromatic carbocycles. The molecule has 0 heterocycles. The molecule has 2 nitrogen and oxygen atoms in total. The van der Waals surface area contributed by atoms with Gasteiger partial charge in [0.25, 0.3) is 0 Å². The van der Waals surface area contributed by atoms with Crippen molar-refractivity contribution < 1.29 is 0 Å². The summed E-state index contributed by atoms with van der Waals surface area (Å²) < 4.78 is 0. The molecule has 1 rings (SSSR count). The van der Waals surface area contributed by atoms with E-state index in [1.165, 1.54) is 24.2 Å². The van der Waals surface area contributed by atoms with Crippen molar-refractivity contribution >= 4 is 11.8 Å². The van der Waals surface area contributed by atoms with Gasteiger partial charge in [-0.05, 0) is 31.4 Å². The van der Waals surface area contributed by atoms with Gasteiger partial charge in [0.15, 0.2) is 0 Å². The summed E-state index contributed by atoms with van der Waals surface area (Å²) in [6.45, 7) is 3.74. The van der Waals surface area contributed by atoms with Crippen molar-refractivity contribution in [3.63, 3.8) is 0 Å². The molecule has 0 radical (unpaired) electrons. The number of nitrogens with two attached hydrogens (primary N) is 1. The van der Waals surface area contributed by atoms with Gasteiger partial charge in [0.2, 0.25) is 0 Å². The molecule has 0 aliphatic carbocycles. The molecule has 0 fully saturated rings. The summed E-state index contributed by atoms with van der Waals surface area (Å²) in [6, 6.07) is 10.9. The molecule has 0 aliphatic heterocycles. The Morgan fingerprint density at radius 2 is 2.00 bits per heavy atom. The Morgan fingerprint density at radius 1 is 1.22 bits per heavy atom. The third-order valence-electron chi connectivity index (χ3n) is 2.89. The van der Waals surface area contributed by atoms with Crippen LogP contribution in [-0.2, 0) is 0 Å². The summed E-state index contributed by atoms with van der Waals surface area (Å²) in [5.41, 5.74) is 2.92. The molecule has 0 aromatic heterocycles. The predicted octanol–water partition coefficient (Wildman–Crippen LogP) is 3.75. The van der Waals surface area contributed by atoms with E-state index in [2.05, 4.69) is 36.3 Å². The summed E-state index contributed by atoms with van der Waals surface area (Å²) in [4.78, 5) is 1.31. The van der Waals surface area contributed by atoms with Crippen LogP contribution in [0.5, 0.6) is 0 Å². The predicted molar refractivity (Wildman–Crippen MR) is 81.6 cm³/mol. The monoisotopic (exact) mass is 264 g/mol. The quantitative estimate of drug-likeness (QED) is 0.222. The molecule has 0 amide bonds. The Hall–Kier alpha value is -0.770. The molecular formula is C15H24N2S. The smallest absolute Gasteiger partial charge is 0.0304 e. The standard InChI is InChI=1S/C15H24N2S/c1-2-3-4-5-7-10-14(17-16)13-18-15-11-8-6-9-12-15/h2,6,8-9,11-12,14,17H,1,3-5,7,10,13,16H2. The van der Waals surface area contributed by atoms with Crippen LogP contribution in [0.25, 0.3) is 0 Å². The Labute approximate surface area is 115 Å². The molecular weight excluding hydrogens is 240 g/mol. The lowest BCUT2D eigenvalue weighted by Gasteiger charge is -2.15. The number of hydrogen-bond acceptors (Lipinski definition) is 3. The highest BCUT2D eigenvalue weighted by Gasteiger charge is 2.06. The van der Waals surface area contributed by atoms with Crippen molar-refractivity contribution in [2.45, 2.75) is 43.0 Å². The maximum absolute atomic E-state index is 5.60. The molecule has 0 saturated carbocycles. The number of hydrazine groups is 1. The number of benzene rings is 1. The van der Waals surface area contributed by atoms with Crippen LogP contribution in [0.4, 0.5) is 0 Å². The number of hydrogen-bond donors (Lipinski definition) is 2. The fraction of sp³-hybridized carbons (Fsp3) is 0.467. The van der Waals surface area contributed by atoms with E-state index in [1.807, 2.05) is 23.9 Å². The first-order valence-corrected chi connectivity index (χ1v) is 7.60. The zero-order chi connectivity index (χ0) is 13.1. The van der Waals surface area contributed by atoms with Crippen LogP contribution in [0.1, 0.15) is 32.1 Å². The van der Waals surface area contributed by atoms with E-state index in [1.54, 1.807) is 0 Å². The third-order valence-corrected chi connectivity index (χ3v) is 4.07. The van der Waals surface area contributed by atoms with Gasteiger partial charge in [0.05, 0.1) is 0 Å². The summed E-state index contributed by atoms with van der Waals surface area (Å²) >= 11 is 1.86. The van der Waals surface area contributed by atoms with Crippen molar-refractivity contribution in [3.8, 4) is 0 Å². The number of nitrogens with one attached hydrogen (secondary N) is 1. The Balaban J connectivity index is 2.15. The van der Waals surface area contributed by atoms with Gasteiger partial charge < -0.3 is 0 Å². The fourth-order valence-corrected chi connectivity index (χ4v) is 2.79. The minimum Gasteiger partial charge on any atom is -0.271 e. The SMILES string of the molecule is C=CCCCCCC(CSc1ccccc1)NN. The zero-order valence-corrected chi connectivity index (χ0v) is 11.8. The molecule has 0 aliphatic rings. The largest absolute Gasteiger partial charge is 0.271 e. The second kappa shape index (κ2) is 10.2. The number of allylic oxidation sites excluding steroid dienone is 1. The van der Waals surface area contributed by atoms with Crippen molar-refractivity contribution in [1.29, 1.82) is 0 Å².